The van der Waals surface area contributed by atoms with Crippen molar-refractivity contribution in [3.05, 3.63) is 0 Å². The van der Waals surface area contributed by atoms with Crippen LogP contribution in [0.3, 0.4) is 0 Å². The van der Waals surface area contributed by atoms with Crippen molar-refractivity contribution in [3.8, 4) is 0 Å². The van der Waals surface area contributed by atoms with Crippen molar-refractivity contribution in [1.29, 1.82) is 0 Å². The van der Waals surface area contributed by atoms with Crippen molar-refractivity contribution >= 4 is 29.6 Å². The van der Waals surface area contributed by atoms with Crippen LogP contribution in [0.1, 0.15) is 26.7 Å². The average molecular weight is 310 g/mol. The molecule has 0 amide bonds. The molecule has 2 heterocycles. The molecular formula is C14H26N6S. The summed E-state index contributed by atoms with van der Waals surface area (Å²) in [5.41, 5.74) is 0. The molecular weight excluding hydrogens is 284 g/mol. The van der Waals surface area contributed by atoms with Crippen molar-refractivity contribution in [2.75, 3.05) is 54.6 Å². The fourth-order valence-corrected chi connectivity index (χ4v) is 3.34. The van der Waals surface area contributed by atoms with Crippen molar-refractivity contribution in [3.63, 3.8) is 0 Å². The van der Waals surface area contributed by atoms with Gasteiger partial charge in [-0.05, 0) is 12.8 Å². The van der Waals surface area contributed by atoms with Crippen LogP contribution in [0.2, 0.25) is 0 Å². The first kappa shape index (κ1) is 16.1. The lowest BCUT2D eigenvalue weighted by molar-refractivity contribution is 0.706. The third kappa shape index (κ3) is 4.36. The Hall–Kier alpha value is -1.24. The summed E-state index contributed by atoms with van der Waals surface area (Å²) >= 11 is 2.05. The first-order valence-corrected chi connectivity index (χ1v) is 8.72. The van der Waals surface area contributed by atoms with Gasteiger partial charge in [0, 0.05) is 44.7 Å². The Labute approximate surface area is 131 Å². The van der Waals surface area contributed by atoms with Crippen molar-refractivity contribution in [2.24, 2.45) is 0 Å². The van der Waals surface area contributed by atoms with Gasteiger partial charge in [0.1, 0.15) is 0 Å². The molecule has 2 rings (SSSR count). The molecule has 21 heavy (non-hydrogen) atoms. The van der Waals surface area contributed by atoms with Crippen molar-refractivity contribution in [2.45, 2.75) is 31.9 Å². The third-order valence-corrected chi connectivity index (χ3v) is 4.79. The highest BCUT2D eigenvalue weighted by molar-refractivity contribution is 8.00. The Kier molecular flexibility index (Phi) is 5.90. The van der Waals surface area contributed by atoms with E-state index in [4.69, 9.17) is 0 Å². The SMILES string of the molecule is CCCNc1nc(N(C)C)nc(N2CCSC(CC)C2)n1. The smallest absolute Gasteiger partial charge is 0.232 e. The van der Waals surface area contributed by atoms with Crippen LogP contribution in [0.4, 0.5) is 17.8 Å². The van der Waals surface area contributed by atoms with Crippen LogP contribution in [-0.2, 0) is 0 Å². The van der Waals surface area contributed by atoms with E-state index in [0.717, 1.165) is 37.8 Å². The second-order valence-electron chi connectivity index (χ2n) is 5.43. The lowest BCUT2D eigenvalue weighted by Crippen LogP contribution is -2.39. The molecule has 1 fully saturated rings. The molecule has 6 nitrogen and oxygen atoms in total. The summed E-state index contributed by atoms with van der Waals surface area (Å²) in [7, 11) is 3.92. The molecule has 118 valence electrons. The third-order valence-electron chi connectivity index (χ3n) is 3.42. The zero-order chi connectivity index (χ0) is 15.2. The van der Waals surface area contributed by atoms with E-state index in [1.807, 2.05) is 19.0 Å². The monoisotopic (exact) mass is 310 g/mol. The van der Waals surface area contributed by atoms with E-state index >= 15 is 0 Å². The molecule has 0 spiro atoms. The Bertz CT molecular complexity index is 453. The summed E-state index contributed by atoms with van der Waals surface area (Å²) in [4.78, 5) is 17.9. The fourth-order valence-electron chi connectivity index (χ4n) is 2.16. The van der Waals surface area contributed by atoms with Gasteiger partial charge in [-0.1, -0.05) is 13.8 Å². The number of hydrogen-bond donors (Lipinski definition) is 1. The predicted octanol–water partition coefficient (Wildman–Crippen LogP) is 2.09. The summed E-state index contributed by atoms with van der Waals surface area (Å²) < 4.78 is 0. The van der Waals surface area contributed by atoms with E-state index in [9.17, 15) is 0 Å². The van der Waals surface area contributed by atoms with E-state index in [-0.39, 0.29) is 0 Å². The summed E-state index contributed by atoms with van der Waals surface area (Å²) in [6.07, 6.45) is 2.24. The first-order valence-electron chi connectivity index (χ1n) is 7.67. The van der Waals surface area contributed by atoms with Gasteiger partial charge in [-0.25, -0.2) is 0 Å². The van der Waals surface area contributed by atoms with Crippen LogP contribution >= 0.6 is 11.8 Å². The van der Waals surface area contributed by atoms with E-state index in [1.54, 1.807) is 0 Å². The standard InChI is InChI=1S/C14H26N6S/c1-5-7-15-12-16-13(19(3)4)18-14(17-12)20-8-9-21-11(6-2)10-20/h11H,5-10H2,1-4H3,(H,15,16,17,18). The molecule has 1 N–H and O–H groups in total. The molecule has 1 aromatic rings. The molecule has 0 aliphatic carbocycles. The van der Waals surface area contributed by atoms with Crippen molar-refractivity contribution in [1.82, 2.24) is 15.0 Å². The summed E-state index contributed by atoms with van der Waals surface area (Å²) in [5, 5.41) is 3.95. The minimum atomic E-state index is 0.672. The summed E-state index contributed by atoms with van der Waals surface area (Å²) in [6, 6.07) is 0. The maximum Gasteiger partial charge on any atom is 0.232 e. The zero-order valence-electron chi connectivity index (χ0n) is 13.5. The molecule has 0 aromatic carbocycles. The Morgan fingerprint density at radius 1 is 1.29 bits per heavy atom. The maximum atomic E-state index is 4.61. The normalized spacial score (nSPS) is 18.7. The molecule has 1 atom stereocenters. The largest absolute Gasteiger partial charge is 0.354 e. The molecule has 7 heteroatoms. The average Bonchev–Trinajstić information content (AvgIpc) is 2.52. The molecule has 1 saturated heterocycles. The lowest BCUT2D eigenvalue weighted by Gasteiger charge is -2.32. The molecule has 1 aromatic heterocycles. The number of nitrogens with zero attached hydrogens (tertiary/aromatic N) is 5. The van der Waals surface area contributed by atoms with Gasteiger partial charge in [-0.3, -0.25) is 0 Å². The lowest BCUT2D eigenvalue weighted by atomic mass is 10.3. The van der Waals surface area contributed by atoms with Crippen LogP contribution in [0, 0.1) is 0 Å². The number of aromatic nitrogens is 3. The van der Waals surface area contributed by atoms with Gasteiger partial charge in [-0.2, -0.15) is 26.7 Å². The van der Waals surface area contributed by atoms with E-state index in [0.29, 0.717) is 17.1 Å². The van der Waals surface area contributed by atoms with Crippen molar-refractivity contribution < 1.29 is 0 Å². The van der Waals surface area contributed by atoms with Gasteiger partial charge in [0.15, 0.2) is 0 Å². The Balaban J connectivity index is 2.22. The molecule has 1 aliphatic heterocycles. The number of hydrogen-bond acceptors (Lipinski definition) is 7. The van der Waals surface area contributed by atoms with Gasteiger partial charge in [0.25, 0.3) is 0 Å². The van der Waals surface area contributed by atoms with Gasteiger partial charge in [0.05, 0.1) is 0 Å². The topological polar surface area (TPSA) is 57.2 Å². The summed E-state index contributed by atoms with van der Waals surface area (Å²) in [6.45, 7) is 7.28. The Morgan fingerprint density at radius 3 is 2.76 bits per heavy atom. The van der Waals surface area contributed by atoms with Crippen LogP contribution < -0.4 is 15.1 Å². The molecule has 1 aliphatic rings. The molecule has 1 unspecified atom stereocenters. The zero-order valence-corrected chi connectivity index (χ0v) is 14.3. The van der Waals surface area contributed by atoms with E-state index in [2.05, 4.69) is 50.8 Å². The highest BCUT2D eigenvalue weighted by Crippen LogP contribution is 2.25. The van der Waals surface area contributed by atoms with Crippen LogP contribution in [0.5, 0.6) is 0 Å². The number of anilines is 3. The van der Waals surface area contributed by atoms with Crippen LogP contribution in [0.15, 0.2) is 0 Å². The molecule has 0 saturated carbocycles. The summed E-state index contributed by atoms with van der Waals surface area (Å²) in [5.74, 6) is 3.33. The number of thioether (sulfide) groups is 1. The predicted molar refractivity (Wildman–Crippen MR) is 91.7 cm³/mol. The second kappa shape index (κ2) is 7.68. The van der Waals surface area contributed by atoms with Gasteiger partial charge in [0.2, 0.25) is 17.8 Å². The highest BCUT2D eigenvalue weighted by Gasteiger charge is 2.22. The minimum Gasteiger partial charge on any atom is -0.354 e. The molecule has 0 bridgehead atoms. The first-order chi connectivity index (χ1) is 10.1. The fraction of sp³-hybridized carbons (Fsp3) is 0.786. The van der Waals surface area contributed by atoms with Crippen LogP contribution in [0.25, 0.3) is 0 Å². The quantitative estimate of drug-likeness (QED) is 0.863. The number of rotatable bonds is 6. The van der Waals surface area contributed by atoms with Gasteiger partial charge >= 0.3 is 0 Å². The number of nitrogens with one attached hydrogen (secondary N) is 1. The van der Waals surface area contributed by atoms with E-state index in [1.165, 1.54) is 6.42 Å². The second-order valence-corrected chi connectivity index (χ2v) is 6.84. The highest BCUT2D eigenvalue weighted by atomic mass is 32.2. The molecule has 0 radical (unpaired) electrons. The minimum absolute atomic E-state index is 0.672. The van der Waals surface area contributed by atoms with Gasteiger partial charge < -0.3 is 15.1 Å². The van der Waals surface area contributed by atoms with E-state index < -0.39 is 0 Å². The van der Waals surface area contributed by atoms with Gasteiger partial charge in [-0.15, -0.1) is 0 Å². The maximum absolute atomic E-state index is 4.61. The Morgan fingerprint density at radius 2 is 2.10 bits per heavy atom. The van der Waals surface area contributed by atoms with Crippen LogP contribution in [-0.4, -0.2) is 59.7 Å².